The molecule has 2 fully saturated rings. The summed E-state index contributed by atoms with van der Waals surface area (Å²) in [4.78, 5) is 20.7. The van der Waals surface area contributed by atoms with E-state index in [9.17, 15) is 4.79 Å². The third kappa shape index (κ3) is 2.87. The van der Waals surface area contributed by atoms with Crippen LogP contribution in [0.3, 0.4) is 0 Å². The van der Waals surface area contributed by atoms with Crippen LogP contribution in [-0.2, 0) is 4.79 Å². The molecule has 0 bridgehead atoms. The number of carbonyl (C=O) groups excluding carboxylic acids is 1. The Balaban J connectivity index is 1.39. The fourth-order valence-electron chi connectivity index (χ4n) is 4.28. The van der Waals surface area contributed by atoms with E-state index in [2.05, 4.69) is 27.1 Å². The van der Waals surface area contributed by atoms with Gasteiger partial charge in [0, 0.05) is 49.5 Å². The van der Waals surface area contributed by atoms with Crippen LogP contribution >= 0.6 is 0 Å². The van der Waals surface area contributed by atoms with Crippen molar-refractivity contribution in [3.05, 3.63) is 42.9 Å². The van der Waals surface area contributed by atoms with Crippen LogP contribution in [0.1, 0.15) is 25.3 Å². The van der Waals surface area contributed by atoms with Gasteiger partial charge in [0.1, 0.15) is 5.75 Å². The van der Waals surface area contributed by atoms with Gasteiger partial charge in [-0.1, -0.05) is 0 Å². The number of ether oxygens (including phenoxy) is 1. The first-order valence-corrected chi connectivity index (χ1v) is 9.75. The van der Waals surface area contributed by atoms with Crippen LogP contribution in [0.2, 0.25) is 0 Å². The minimum absolute atomic E-state index is 0.199. The first-order valence-electron chi connectivity index (χ1n) is 9.75. The average molecular weight is 377 g/mol. The summed E-state index contributed by atoms with van der Waals surface area (Å²) in [5.41, 5.74) is 3.06. The molecule has 0 aliphatic carbocycles. The largest absolute Gasteiger partial charge is 0.497 e. The number of anilines is 2. The van der Waals surface area contributed by atoms with E-state index in [0.29, 0.717) is 12.5 Å². The number of methoxy groups -OCH3 is 1. The summed E-state index contributed by atoms with van der Waals surface area (Å²) in [6.07, 6.45) is 8.29. The Bertz CT molecular complexity index is 1030. The van der Waals surface area contributed by atoms with Crippen LogP contribution in [0.15, 0.2) is 42.9 Å². The second kappa shape index (κ2) is 6.82. The second-order valence-corrected chi connectivity index (χ2v) is 7.43. The average Bonchev–Trinajstić information content (AvgIpc) is 3.47. The number of hydrogen-bond donors (Lipinski definition) is 0. The van der Waals surface area contributed by atoms with Crippen LogP contribution in [0.25, 0.3) is 10.9 Å². The van der Waals surface area contributed by atoms with Gasteiger partial charge in [0.2, 0.25) is 5.91 Å². The standard InChI is InChI=1S/C21H23N5O2/c1-28-17-4-5-19-18(11-17)20(6-8-22-19)24-10-7-15(13-24)26-14-16(12-23-26)25-9-2-3-21(25)27/h4-6,8,11-12,14-15H,2-3,7,9-10,13H2,1H3. The van der Waals surface area contributed by atoms with E-state index in [1.165, 1.54) is 5.69 Å². The van der Waals surface area contributed by atoms with Crippen LogP contribution in [0.5, 0.6) is 5.75 Å². The molecule has 0 N–H and O–H groups in total. The number of rotatable bonds is 4. The quantitative estimate of drug-likeness (QED) is 0.699. The Morgan fingerprint density at radius 3 is 2.96 bits per heavy atom. The van der Waals surface area contributed by atoms with Crippen LogP contribution in [-0.4, -0.2) is 47.4 Å². The molecule has 28 heavy (non-hydrogen) atoms. The van der Waals surface area contributed by atoms with Gasteiger partial charge in [0.05, 0.1) is 30.6 Å². The van der Waals surface area contributed by atoms with Crippen molar-refractivity contribution in [1.82, 2.24) is 14.8 Å². The Hall–Kier alpha value is -3.09. The van der Waals surface area contributed by atoms with Gasteiger partial charge in [-0.2, -0.15) is 5.10 Å². The first kappa shape index (κ1) is 17.0. The predicted molar refractivity (Wildman–Crippen MR) is 108 cm³/mol. The van der Waals surface area contributed by atoms with Crippen LogP contribution in [0.4, 0.5) is 11.4 Å². The summed E-state index contributed by atoms with van der Waals surface area (Å²) in [5, 5.41) is 5.66. The summed E-state index contributed by atoms with van der Waals surface area (Å²) in [5.74, 6) is 1.04. The summed E-state index contributed by atoms with van der Waals surface area (Å²) in [6.45, 7) is 2.64. The normalized spacial score (nSPS) is 19.8. The summed E-state index contributed by atoms with van der Waals surface area (Å²) < 4.78 is 7.42. The fraction of sp³-hybridized carbons (Fsp3) is 0.381. The number of aromatic nitrogens is 3. The molecule has 4 heterocycles. The fourth-order valence-corrected chi connectivity index (χ4v) is 4.28. The SMILES string of the molecule is COc1ccc2nccc(N3CCC(n4cc(N5CCCC5=O)cn4)C3)c2c1. The maximum atomic E-state index is 12.0. The van der Waals surface area contributed by atoms with Gasteiger partial charge in [0.25, 0.3) is 0 Å². The zero-order valence-electron chi connectivity index (χ0n) is 15.9. The number of carbonyl (C=O) groups is 1. The molecular formula is C21H23N5O2. The molecule has 2 saturated heterocycles. The molecule has 1 atom stereocenters. The zero-order valence-corrected chi connectivity index (χ0v) is 15.9. The van der Waals surface area contributed by atoms with Crippen LogP contribution in [0, 0.1) is 0 Å². The molecule has 144 valence electrons. The maximum Gasteiger partial charge on any atom is 0.227 e. The summed E-state index contributed by atoms with van der Waals surface area (Å²) in [6, 6.07) is 8.35. The van der Waals surface area contributed by atoms with Gasteiger partial charge in [0.15, 0.2) is 0 Å². The highest BCUT2D eigenvalue weighted by Gasteiger charge is 2.28. The van der Waals surface area contributed by atoms with Crippen molar-refractivity contribution in [2.24, 2.45) is 0 Å². The van der Waals surface area contributed by atoms with Crippen molar-refractivity contribution in [3.8, 4) is 5.75 Å². The monoisotopic (exact) mass is 377 g/mol. The van der Waals surface area contributed by atoms with E-state index in [1.807, 2.05) is 40.3 Å². The molecule has 7 heteroatoms. The van der Waals surface area contributed by atoms with Crippen LogP contribution < -0.4 is 14.5 Å². The summed E-state index contributed by atoms with van der Waals surface area (Å²) in [7, 11) is 1.68. The molecule has 1 amide bonds. The highest BCUT2D eigenvalue weighted by atomic mass is 16.5. The molecule has 0 radical (unpaired) electrons. The topological polar surface area (TPSA) is 63.5 Å². The van der Waals surface area contributed by atoms with Gasteiger partial charge in [-0.3, -0.25) is 14.5 Å². The zero-order chi connectivity index (χ0) is 19.1. The third-order valence-corrected chi connectivity index (χ3v) is 5.78. The number of amides is 1. The number of hydrogen-bond acceptors (Lipinski definition) is 5. The Morgan fingerprint density at radius 2 is 2.14 bits per heavy atom. The predicted octanol–water partition coefficient (Wildman–Crippen LogP) is 3.02. The minimum Gasteiger partial charge on any atom is -0.497 e. The first-order chi connectivity index (χ1) is 13.7. The van der Waals surface area contributed by atoms with Gasteiger partial charge in [-0.05, 0) is 37.1 Å². The van der Waals surface area contributed by atoms with E-state index in [4.69, 9.17) is 4.74 Å². The molecule has 3 aromatic rings. The molecule has 1 unspecified atom stereocenters. The lowest BCUT2D eigenvalue weighted by Crippen LogP contribution is -2.23. The van der Waals surface area contributed by atoms with Gasteiger partial charge in [-0.25, -0.2) is 0 Å². The Morgan fingerprint density at radius 1 is 1.21 bits per heavy atom. The van der Waals surface area contributed by atoms with Gasteiger partial charge >= 0.3 is 0 Å². The Labute approximate surface area is 163 Å². The molecule has 1 aromatic carbocycles. The minimum atomic E-state index is 0.199. The molecule has 2 aliphatic heterocycles. The number of nitrogens with zero attached hydrogens (tertiary/aromatic N) is 5. The van der Waals surface area contributed by atoms with Crippen molar-refractivity contribution in [1.29, 1.82) is 0 Å². The lowest BCUT2D eigenvalue weighted by Gasteiger charge is -2.21. The molecule has 5 rings (SSSR count). The molecule has 0 spiro atoms. The van der Waals surface area contributed by atoms with Crippen molar-refractivity contribution >= 4 is 28.2 Å². The molecule has 0 saturated carbocycles. The van der Waals surface area contributed by atoms with E-state index in [1.54, 1.807) is 7.11 Å². The Kier molecular flexibility index (Phi) is 4.15. The van der Waals surface area contributed by atoms with Crippen molar-refractivity contribution < 1.29 is 9.53 Å². The highest BCUT2D eigenvalue weighted by molar-refractivity contribution is 5.95. The molecule has 2 aromatic heterocycles. The molecule has 7 nitrogen and oxygen atoms in total. The van der Waals surface area contributed by atoms with E-state index < -0.39 is 0 Å². The summed E-state index contributed by atoms with van der Waals surface area (Å²) >= 11 is 0. The van der Waals surface area contributed by atoms with Gasteiger partial charge < -0.3 is 14.5 Å². The van der Waals surface area contributed by atoms with Crippen molar-refractivity contribution in [2.75, 3.05) is 36.5 Å². The highest BCUT2D eigenvalue weighted by Crippen LogP contribution is 2.34. The van der Waals surface area contributed by atoms with E-state index in [0.717, 1.165) is 54.8 Å². The van der Waals surface area contributed by atoms with Crippen molar-refractivity contribution in [3.63, 3.8) is 0 Å². The lowest BCUT2D eigenvalue weighted by molar-refractivity contribution is -0.117. The number of fused-ring (bicyclic) bond motifs is 1. The third-order valence-electron chi connectivity index (χ3n) is 5.78. The number of benzene rings is 1. The molecule has 2 aliphatic rings. The lowest BCUT2D eigenvalue weighted by atomic mass is 10.1. The smallest absolute Gasteiger partial charge is 0.227 e. The van der Waals surface area contributed by atoms with Crippen molar-refractivity contribution in [2.45, 2.75) is 25.3 Å². The second-order valence-electron chi connectivity index (χ2n) is 7.43. The van der Waals surface area contributed by atoms with Gasteiger partial charge in [-0.15, -0.1) is 0 Å². The van der Waals surface area contributed by atoms with E-state index in [-0.39, 0.29) is 5.91 Å². The number of pyridine rings is 1. The maximum absolute atomic E-state index is 12.0. The van der Waals surface area contributed by atoms with E-state index >= 15 is 0 Å². The molecular weight excluding hydrogens is 354 g/mol.